The number of rotatable bonds is 43. The maximum absolute atomic E-state index is 12.2. The van der Waals surface area contributed by atoms with Gasteiger partial charge in [-0.1, -0.05) is 207 Å². The van der Waals surface area contributed by atoms with Crippen LogP contribution in [0.4, 0.5) is 0 Å². The Morgan fingerprint density at radius 1 is 0.400 bits per heavy atom. The molecule has 0 spiro atoms. The lowest BCUT2D eigenvalue weighted by Crippen LogP contribution is -2.28. The standard InChI is InChI=1S/C55H90O5/c1-3-5-7-9-11-13-15-17-19-21-23-25-27-29-31-33-35-37-39-41-43-45-47-49-54(57)59-52-53(51-56)60-55(58)50-48-46-44-42-40-38-36-34-32-30-28-26-24-22-20-18-16-14-12-10-8-6-4-2/h6,8,12,14-15,17-18,20-21,23-24,26,30,32,36,38,42,44,53,56H,3-5,7,9-11,13,16,19,22,25,27-29,31,33-35,37,39-41,43,45-52H2,1-2H3/b8-6-,14-12-,17-15-,20-18-,23-21-,26-24-,32-30-,38-36-,44-42-. The quantitative estimate of drug-likeness (QED) is 0.0376. The molecule has 0 saturated heterocycles. The Kier molecular flexibility index (Phi) is 47.1. The minimum atomic E-state index is -0.811. The minimum Gasteiger partial charge on any atom is -0.462 e. The number of aliphatic hydroxyl groups is 1. The molecule has 0 aliphatic heterocycles. The van der Waals surface area contributed by atoms with E-state index in [0.29, 0.717) is 12.8 Å². The van der Waals surface area contributed by atoms with Gasteiger partial charge in [-0.3, -0.25) is 9.59 Å². The van der Waals surface area contributed by atoms with Crippen LogP contribution in [0.3, 0.4) is 0 Å². The first kappa shape index (κ1) is 56.6. The summed E-state index contributed by atoms with van der Waals surface area (Å²) < 4.78 is 10.6. The fraction of sp³-hybridized carbons (Fsp3) is 0.636. The van der Waals surface area contributed by atoms with Gasteiger partial charge in [0.1, 0.15) is 6.61 Å². The molecule has 0 rings (SSSR count). The SMILES string of the molecule is CC/C=C\C/C=C\C/C=C\C/C=C\C/C=C\C/C=C\C/C=C\CCCC(=O)OC(CO)COC(=O)CCCCCCCCCCCCC/C=C\C/C=C\CCCCCCC. The van der Waals surface area contributed by atoms with Crippen LogP contribution >= 0.6 is 0 Å². The number of ether oxygens (including phenoxy) is 2. The van der Waals surface area contributed by atoms with Crippen molar-refractivity contribution in [3.8, 4) is 0 Å². The molecule has 0 heterocycles. The second-order valence-electron chi connectivity index (χ2n) is 15.8. The van der Waals surface area contributed by atoms with Crippen molar-refractivity contribution in [3.63, 3.8) is 0 Å². The van der Waals surface area contributed by atoms with E-state index in [4.69, 9.17) is 9.47 Å². The van der Waals surface area contributed by atoms with Gasteiger partial charge in [0.2, 0.25) is 0 Å². The summed E-state index contributed by atoms with van der Waals surface area (Å²) >= 11 is 0. The first-order valence-electron chi connectivity index (χ1n) is 24.4. The third kappa shape index (κ3) is 47.2. The third-order valence-corrected chi connectivity index (χ3v) is 10.1. The lowest BCUT2D eigenvalue weighted by atomic mass is 10.0. The van der Waals surface area contributed by atoms with Gasteiger partial charge < -0.3 is 14.6 Å². The Bertz CT molecular complexity index is 1210. The molecule has 0 aliphatic rings. The number of hydrogen-bond donors (Lipinski definition) is 1. The van der Waals surface area contributed by atoms with Gasteiger partial charge in [-0.2, -0.15) is 0 Å². The summed E-state index contributed by atoms with van der Waals surface area (Å²) in [7, 11) is 0. The molecular weight excluding hydrogens is 741 g/mol. The fourth-order valence-corrected chi connectivity index (χ4v) is 6.40. The second kappa shape index (κ2) is 49.9. The van der Waals surface area contributed by atoms with Crippen molar-refractivity contribution in [2.24, 2.45) is 0 Å². The van der Waals surface area contributed by atoms with Gasteiger partial charge in [0.25, 0.3) is 0 Å². The monoisotopic (exact) mass is 831 g/mol. The number of carbonyl (C=O) groups is 2. The van der Waals surface area contributed by atoms with Crippen molar-refractivity contribution >= 4 is 11.9 Å². The van der Waals surface area contributed by atoms with Gasteiger partial charge in [-0.05, 0) is 96.3 Å². The number of allylic oxidation sites excluding steroid dienone is 18. The Hall–Kier alpha value is -3.44. The zero-order chi connectivity index (χ0) is 43.5. The van der Waals surface area contributed by atoms with Crippen molar-refractivity contribution in [3.05, 3.63) is 109 Å². The van der Waals surface area contributed by atoms with Crippen molar-refractivity contribution in [1.82, 2.24) is 0 Å². The molecule has 0 aromatic heterocycles. The van der Waals surface area contributed by atoms with Crippen LogP contribution in [0.25, 0.3) is 0 Å². The zero-order valence-electron chi connectivity index (χ0n) is 38.7. The summed E-state index contributed by atoms with van der Waals surface area (Å²) in [5.41, 5.74) is 0. The van der Waals surface area contributed by atoms with E-state index in [1.54, 1.807) is 0 Å². The highest BCUT2D eigenvalue weighted by molar-refractivity contribution is 5.70. The predicted molar refractivity (Wildman–Crippen MR) is 260 cm³/mol. The molecule has 0 radical (unpaired) electrons. The topological polar surface area (TPSA) is 72.8 Å². The van der Waals surface area contributed by atoms with Crippen molar-refractivity contribution in [2.75, 3.05) is 13.2 Å². The Balaban J connectivity index is 3.65. The summed E-state index contributed by atoms with van der Waals surface area (Å²) in [6.07, 6.45) is 71.7. The van der Waals surface area contributed by atoms with Gasteiger partial charge in [-0.25, -0.2) is 0 Å². The minimum absolute atomic E-state index is 0.0966. The second-order valence-corrected chi connectivity index (χ2v) is 15.8. The number of carbonyl (C=O) groups excluding carboxylic acids is 2. The lowest BCUT2D eigenvalue weighted by Gasteiger charge is -2.15. The summed E-state index contributed by atoms with van der Waals surface area (Å²) in [4.78, 5) is 24.4. The highest BCUT2D eigenvalue weighted by Crippen LogP contribution is 2.14. The van der Waals surface area contributed by atoms with Crippen LogP contribution in [0, 0.1) is 0 Å². The Morgan fingerprint density at radius 3 is 1.13 bits per heavy atom. The normalized spacial score (nSPS) is 13.2. The summed E-state index contributed by atoms with van der Waals surface area (Å²) in [6, 6.07) is 0. The molecule has 0 aromatic carbocycles. The van der Waals surface area contributed by atoms with E-state index in [-0.39, 0.29) is 31.6 Å². The highest BCUT2D eigenvalue weighted by Gasteiger charge is 2.16. The molecule has 0 saturated carbocycles. The third-order valence-electron chi connectivity index (χ3n) is 10.1. The van der Waals surface area contributed by atoms with Crippen LogP contribution in [0.5, 0.6) is 0 Å². The van der Waals surface area contributed by atoms with Crippen molar-refractivity contribution < 1.29 is 24.2 Å². The highest BCUT2D eigenvalue weighted by atomic mass is 16.6. The fourth-order valence-electron chi connectivity index (χ4n) is 6.40. The summed E-state index contributed by atoms with van der Waals surface area (Å²) in [5.74, 6) is -0.668. The smallest absolute Gasteiger partial charge is 0.306 e. The maximum Gasteiger partial charge on any atom is 0.306 e. The van der Waals surface area contributed by atoms with Gasteiger partial charge >= 0.3 is 11.9 Å². The van der Waals surface area contributed by atoms with E-state index >= 15 is 0 Å². The molecule has 0 aromatic rings. The van der Waals surface area contributed by atoms with E-state index in [9.17, 15) is 14.7 Å². The number of hydrogen-bond acceptors (Lipinski definition) is 5. The molecule has 0 aliphatic carbocycles. The Morgan fingerprint density at radius 2 is 0.733 bits per heavy atom. The summed E-state index contributed by atoms with van der Waals surface area (Å²) in [5, 5.41) is 9.61. The van der Waals surface area contributed by atoms with Crippen LogP contribution in [0.1, 0.15) is 206 Å². The van der Waals surface area contributed by atoms with E-state index in [1.165, 1.54) is 96.3 Å². The maximum atomic E-state index is 12.2. The van der Waals surface area contributed by atoms with Crippen molar-refractivity contribution in [2.45, 2.75) is 213 Å². The molecule has 1 N–H and O–H groups in total. The van der Waals surface area contributed by atoms with Crippen LogP contribution < -0.4 is 0 Å². The molecule has 340 valence electrons. The van der Waals surface area contributed by atoms with Crippen molar-refractivity contribution in [1.29, 1.82) is 0 Å². The van der Waals surface area contributed by atoms with Gasteiger partial charge in [0.15, 0.2) is 6.10 Å². The first-order chi connectivity index (χ1) is 29.6. The number of aliphatic hydroxyl groups excluding tert-OH is 1. The zero-order valence-corrected chi connectivity index (χ0v) is 38.7. The molecule has 5 heteroatoms. The molecule has 0 bridgehead atoms. The molecule has 5 nitrogen and oxygen atoms in total. The predicted octanol–water partition coefficient (Wildman–Crippen LogP) is 16.2. The molecular formula is C55H90O5. The molecule has 60 heavy (non-hydrogen) atoms. The first-order valence-corrected chi connectivity index (χ1v) is 24.4. The van der Waals surface area contributed by atoms with E-state index < -0.39 is 6.10 Å². The molecule has 0 amide bonds. The number of esters is 2. The summed E-state index contributed by atoms with van der Waals surface area (Å²) in [6.45, 7) is 3.96. The molecule has 1 atom stereocenters. The average Bonchev–Trinajstić information content (AvgIpc) is 3.25. The van der Waals surface area contributed by atoms with E-state index in [1.807, 2.05) is 0 Å². The average molecular weight is 831 g/mol. The van der Waals surface area contributed by atoms with Gasteiger partial charge in [0.05, 0.1) is 6.61 Å². The Labute approximate surface area is 370 Å². The van der Waals surface area contributed by atoms with Crippen LogP contribution in [-0.4, -0.2) is 36.4 Å². The van der Waals surface area contributed by atoms with E-state index in [2.05, 4.69) is 123 Å². The van der Waals surface area contributed by atoms with Gasteiger partial charge in [-0.15, -0.1) is 0 Å². The molecule has 0 fully saturated rings. The van der Waals surface area contributed by atoms with Gasteiger partial charge in [0, 0.05) is 12.8 Å². The van der Waals surface area contributed by atoms with E-state index in [0.717, 1.165) is 77.0 Å². The van der Waals surface area contributed by atoms with Crippen LogP contribution in [0.15, 0.2) is 109 Å². The number of unbranched alkanes of at least 4 members (excludes halogenated alkanes) is 17. The lowest BCUT2D eigenvalue weighted by molar-refractivity contribution is -0.161. The largest absolute Gasteiger partial charge is 0.462 e. The van der Waals surface area contributed by atoms with Crippen LogP contribution in [-0.2, 0) is 19.1 Å². The molecule has 1 unspecified atom stereocenters. The van der Waals surface area contributed by atoms with Crippen LogP contribution in [0.2, 0.25) is 0 Å².